The Morgan fingerprint density at radius 2 is 1.93 bits per heavy atom. The van der Waals surface area contributed by atoms with Gasteiger partial charge in [-0.25, -0.2) is 13.1 Å². The SMILES string of the molecule is COc1ccc(C)cc1S(=O)(=O)NC(Cc1c[nH]c2ccccc12)C(C)(C)O. The molecule has 1 atom stereocenters. The molecule has 150 valence electrons. The maximum absolute atomic E-state index is 13.1. The third-order valence-corrected chi connectivity index (χ3v) is 6.35. The van der Waals surface area contributed by atoms with E-state index in [2.05, 4.69) is 9.71 Å². The van der Waals surface area contributed by atoms with Crippen molar-refractivity contribution < 1.29 is 18.3 Å². The van der Waals surface area contributed by atoms with Crippen molar-refractivity contribution in [1.82, 2.24) is 9.71 Å². The first-order valence-electron chi connectivity index (χ1n) is 9.06. The van der Waals surface area contributed by atoms with Gasteiger partial charge >= 0.3 is 0 Å². The number of aliphatic hydroxyl groups is 1. The Labute approximate surface area is 165 Å². The summed E-state index contributed by atoms with van der Waals surface area (Å²) in [4.78, 5) is 3.24. The largest absolute Gasteiger partial charge is 0.495 e. The average Bonchev–Trinajstić information content (AvgIpc) is 3.03. The monoisotopic (exact) mass is 402 g/mol. The number of hydrogen-bond donors (Lipinski definition) is 3. The molecule has 0 amide bonds. The van der Waals surface area contributed by atoms with Crippen molar-refractivity contribution in [3.63, 3.8) is 0 Å². The van der Waals surface area contributed by atoms with Crippen LogP contribution in [0.15, 0.2) is 53.6 Å². The topological polar surface area (TPSA) is 91.4 Å². The van der Waals surface area contributed by atoms with Crippen LogP contribution in [0.3, 0.4) is 0 Å². The minimum atomic E-state index is -3.91. The second-order valence-corrected chi connectivity index (χ2v) is 9.23. The van der Waals surface area contributed by atoms with E-state index in [-0.39, 0.29) is 10.6 Å². The van der Waals surface area contributed by atoms with Gasteiger partial charge in [0, 0.05) is 17.1 Å². The van der Waals surface area contributed by atoms with Crippen LogP contribution in [0, 0.1) is 6.92 Å². The van der Waals surface area contributed by atoms with Crippen molar-refractivity contribution in [2.24, 2.45) is 0 Å². The number of sulfonamides is 1. The van der Waals surface area contributed by atoms with E-state index in [0.29, 0.717) is 6.42 Å². The predicted molar refractivity (Wildman–Crippen MR) is 110 cm³/mol. The second-order valence-electron chi connectivity index (χ2n) is 7.55. The molecule has 0 bridgehead atoms. The fraction of sp³-hybridized carbons (Fsp3) is 0.333. The number of aromatic amines is 1. The quantitative estimate of drug-likeness (QED) is 0.566. The van der Waals surface area contributed by atoms with E-state index in [9.17, 15) is 13.5 Å². The van der Waals surface area contributed by atoms with Gasteiger partial charge in [-0.15, -0.1) is 0 Å². The number of H-pyrrole nitrogens is 1. The molecule has 7 heteroatoms. The molecule has 0 spiro atoms. The highest BCUT2D eigenvalue weighted by molar-refractivity contribution is 7.89. The van der Waals surface area contributed by atoms with Crippen LogP contribution in [0.5, 0.6) is 5.75 Å². The summed E-state index contributed by atoms with van der Waals surface area (Å²) in [6, 6.07) is 12.0. The first-order chi connectivity index (χ1) is 13.1. The second kappa shape index (κ2) is 7.58. The zero-order valence-electron chi connectivity index (χ0n) is 16.5. The molecule has 1 heterocycles. The summed E-state index contributed by atoms with van der Waals surface area (Å²) < 4.78 is 34.1. The number of fused-ring (bicyclic) bond motifs is 1. The average molecular weight is 403 g/mol. The molecular formula is C21H26N2O4S. The molecule has 3 N–H and O–H groups in total. The summed E-state index contributed by atoms with van der Waals surface area (Å²) in [5, 5.41) is 11.7. The van der Waals surface area contributed by atoms with E-state index in [1.807, 2.05) is 37.4 Å². The van der Waals surface area contributed by atoms with Crippen LogP contribution in [0.4, 0.5) is 0 Å². The highest BCUT2D eigenvalue weighted by Crippen LogP contribution is 2.27. The van der Waals surface area contributed by atoms with Gasteiger partial charge in [-0.2, -0.15) is 0 Å². The molecule has 0 aliphatic rings. The maximum Gasteiger partial charge on any atom is 0.244 e. The molecule has 0 aliphatic heterocycles. The Bertz CT molecular complexity index is 1080. The van der Waals surface area contributed by atoms with Crippen molar-refractivity contribution in [3.05, 3.63) is 59.8 Å². The van der Waals surface area contributed by atoms with Gasteiger partial charge in [0.05, 0.1) is 18.8 Å². The number of benzene rings is 2. The summed E-state index contributed by atoms with van der Waals surface area (Å²) in [7, 11) is -2.48. The zero-order chi connectivity index (χ0) is 20.5. The molecule has 3 aromatic rings. The highest BCUT2D eigenvalue weighted by atomic mass is 32.2. The standard InChI is InChI=1S/C21H26N2O4S/c1-14-9-10-18(27-4)19(11-14)28(25,26)23-20(21(2,3)24)12-15-13-22-17-8-6-5-7-16(15)17/h5-11,13,20,22-24H,12H2,1-4H3. The number of aromatic nitrogens is 1. The van der Waals surface area contributed by atoms with Crippen LogP contribution in [-0.4, -0.2) is 37.3 Å². The lowest BCUT2D eigenvalue weighted by Crippen LogP contribution is -2.50. The Morgan fingerprint density at radius 3 is 2.61 bits per heavy atom. The molecule has 3 rings (SSSR count). The van der Waals surface area contributed by atoms with Gasteiger partial charge in [0.15, 0.2) is 0 Å². The highest BCUT2D eigenvalue weighted by Gasteiger charge is 2.33. The van der Waals surface area contributed by atoms with Gasteiger partial charge in [0.25, 0.3) is 0 Å². The van der Waals surface area contributed by atoms with Crippen LogP contribution in [0.25, 0.3) is 10.9 Å². The lowest BCUT2D eigenvalue weighted by molar-refractivity contribution is 0.0461. The molecule has 0 fully saturated rings. The maximum atomic E-state index is 13.1. The van der Waals surface area contributed by atoms with E-state index in [4.69, 9.17) is 4.74 Å². The van der Waals surface area contributed by atoms with Crippen LogP contribution < -0.4 is 9.46 Å². The molecular weight excluding hydrogens is 376 g/mol. The lowest BCUT2D eigenvalue weighted by Gasteiger charge is -2.30. The summed E-state index contributed by atoms with van der Waals surface area (Å²) in [5.74, 6) is 0.264. The zero-order valence-corrected chi connectivity index (χ0v) is 17.3. The van der Waals surface area contributed by atoms with Crippen molar-refractivity contribution in [2.45, 2.75) is 43.7 Å². The van der Waals surface area contributed by atoms with Gasteiger partial charge in [-0.05, 0) is 56.5 Å². The number of rotatable bonds is 7. The minimum absolute atomic E-state index is 0.0585. The molecule has 1 unspecified atom stereocenters. The van der Waals surface area contributed by atoms with E-state index in [1.54, 1.807) is 32.0 Å². The van der Waals surface area contributed by atoms with E-state index >= 15 is 0 Å². The van der Waals surface area contributed by atoms with Crippen LogP contribution in [0.1, 0.15) is 25.0 Å². The first kappa shape index (κ1) is 20.4. The van der Waals surface area contributed by atoms with Gasteiger partial charge in [0.1, 0.15) is 10.6 Å². The van der Waals surface area contributed by atoms with Gasteiger partial charge in [-0.3, -0.25) is 0 Å². The Balaban J connectivity index is 1.96. The van der Waals surface area contributed by atoms with E-state index in [1.165, 1.54) is 7.11 Å². The van der Waals surface area contributed by atoms with Gasteiger partial charge in [-0.1, -0.05) is 24.3 Å². The van der Waals surface area contributed by atoms with Crippen molar-refractivity contribution in [3.8, 4) is 5.75 Å². The number of hydrogen-bond acceptors (Lipinski definition) is 4. The summed E-state index contributed by atoms with van der Waals surface area (Å²) in [6.45, 7) is 5.02. The van der Waals surface area contributed by atoms with Crippen molar-refractivity contribution in [2.75, 3.05) is 7.11 Å². The molecule has 0 saturated carbocycles. The number of para-hydroxylation sites is 1. The van der Waals surface area contributed by atoms with Gasteiger partial charge < -0.3 is 14.8 Å². The number of ether oxygens (including phenoxy) is 1. The molecule has 0 aliphatic carbocycles. The Morgan fingerprint density at radius 1 is 1.21 bits per heavy atom. The number of methoxy groups -OCH3 is 1. The molecule has 2 aromatic carbocycles. The van der Waals surface area contributed by atoms with E-state index < -0.39 is 21.7 Å². The van der Waals surface area contributed by atoms with Crippen molar-refractivity contribution in [1.29, 1.82) is 0 Å². The van der Waals surface area contributed by atoms with Gasteiger partial charge in [0.2, 0.25) is 10.0 Å². The molecule has 6 nitrogen and oxygen atoms in total. The van der Waals surface area contributed by atoms with Crippen LogP contribution in [-0.2, 0) is 16.4 Å². The van der Waals surface area contributed by atoms with Crippen LogP contribution >= 0.6 is 0 Å². The normalized spacial score (nSPS) is 13.6. The molecule has 28 heavy (non-hydrogen) atoms. The van der Waals surface area contributed by atoms with E-state index in [0.717, 1.165) is 22.0 Å². The lowest BCUT2D eigenvalue weighted by atomic mass is 9.93. The van der Waals surface area contributed by atoms with Crippen molar-refractivity contribution >= 4 is 20.9 Å². The fourth-order valence-electron chi connectivity index (χ4n) is 3.20. The minimum Gasteiger partial charge on any atom is -0.495 e. The Kier molecular flexibility index (Phi) is 5.52. The molecule has 1 aromatic heterocycles. The number of aryl methyl sites for hydroxylation is 1. The summed E-state index contributed by atoms with van der Waals surface area (Å²) in [6.07, 6.45) is 2.19. The fourth-order valence-corrected chi connectivity index (χ4v) is 4.83. The third-order valence-electron chi connectivity index (χ3n) is 4.86. The molecule has 0 saturated heterocycles. The predicted octanol–water partition coefficient (Wildman–Crippen LogP) is 3.15. The molecule has 0 radical (unpaired) electrons. The summed E-state index contributed by atoms with van der Waals surface area (Å²) >= 11 is 0. The smallest absolute Gasteiger partial charge is 0.244 e. The third kappa shape index (κ3) is 4.22. The Hall–Kier alpha value is -2.35. The summed E-state index contributed by atoms with van der Waals surface area (Å²) in [5.41, 5.74) is 1.43. The first-order valence-corrected chi connectivity index (χ1v) is 10.5. The number of nitrogens with one attached hydrogen (secondary N) is 2. The van der Waals surface area contributed by atoms with Crippen LogP contribution in [0.2, 0.25) is 0 Å².